The summed E-state index contributed by atoms with van der Waals surface area (Å²) in [5.41, 5.74) is 1.25. The van der Waals surface area contributed by atoms with Gasteiger partial charge in [0, 0.05) is 19.6 Å². The van der Waals surface area contributed by atoms with Crippen LogP contribution in [0.15, 0.2) is 29.3 Å². The van der Waals surface area contributed by atoms with Crippen LogP contribution in [0.3, 0.4) is 0 Å². The molecule has 0 bridgehead atoms. The topological polar surface area (TPSA) is 45.6 Å². The fourth-order valence-electron chi connectivity index (χ4n) is 2.72. The van der Waals surface area contributed by atoms with Crippen LogP contribution in [0.4, 0.5) is 0 Å². The molecule has 1 aromatic rings. The quantitative estimate of drug-likeness (QED) is 0.885. The number of nitrogens with zero attached hydrogens (tertiary/aromatic N) is 1. The van der Waals surface area contributed by atoms with Gasteiger partial charge in [-0.25, -0.2) is 0 Å². The summed E-state index contributed by atoms with van der Waals surface area (Å²) in [5, 5.41) is 6.59. The highest BCUT2D eigenvalue weighted by atomic mass is 16.5. The van der Waals surface area contributed by atoms with Crippen molar-refractivity contribution in [1.29, 1.82) is 0 Å². The Labute approximate surface area is 120 Å². The molecule has 4 heteroatoms. The van der Waals surface area contributed by atoms with Crippen LogP contribution in [0.25, 0.3) is 0 Å². The first-order chi connectivity index (χ1) is 9.90. The number of guanidine groups is 1. The van der Waals surface area contributed by atoms with Crippen molar-refractivity contribution in [2.45, 2.75) is 44.8 Å². The van der Waals surface area contributed by atoms with Gasteiger partial charge in [0.2, 0.25) is 0 Å². The molecule has 0 saturated heterocycles. The lowest BCUT2D eigenvalue weighted by molar-refractivity contribution is 0.210. The predicted molar refractivity (Wildman–Crippen MR) is 81.1 cm³/mol. The van der Waals surface area contributed by atoms with Gasteiger partial charge >= 0.3 is 0 Å². The van der Waals surface area contributed by atoms with Crippen LogP contribution < -0.4 is 15.4 Å². The zero-order valence-corrected chi connectivity index (χ0v) is 11.9. The van der Waals surface area contributed by atoms with Gasteiger partial charge in [-0.2, -0.15) is 0 Å². The van der Waals surface area contributed by atoms with E-state index >= 15 is 0 Å². The Balaban J connectivity index is 1.49. The summed E-state index contributed by atoms with van der Waals surface area (Å²) >= 11 is 0. The molecule has 20 heavy (non-hydrogen) atoms. The van der Waals surface area contributed by atoms with Crippen LogP contribution >= 0.6 is 0 Å². The van der Waals surface area contributed by atoms with Gasteiger partial charge in [-0.05, 0) is 49.8 Å². The Morgan fingerprint density at radius 3 is 2.65 bits per heavy atom. The number of ether oxygens (including phenoxy) is 1. The summed E-state index contributed by atoms with van der Waals surface area (Å²) in [6, 6.07) is 8.40. The van der Waals surface area contributed by atoms with Crippen LogP contribution in [-0.4, -0.2) is 25.2 Å². The molecule has 1 fully saturated rings. The molecule has 0 radical (unpaired) electrons. The molecule has 0 unspecified atom stereocenters. The van der Waals surface area contributed by atoms with E-state index in [9.17, 15) is 0 Å². The van der Waals surface area contributed by atoms with Crippen molar-refractivity contribution < 1.29 is 4.74 Å². The monoisotopic (exact) mass is 273 g/mol. The normalized spacial score (nSPS) is 19.3. The maximum Gasteiger partial charge on any atom is 0.191 e. The third-order valence-electron chi connectivity index (χ3n) is 3.89. The van der Waals surface area contributed by atoms with Crippen molar-refractivity contribution in [3.05, 3.63) is 29.8 Å². The summed E-state index contributed by atoms with van der Waals surface area (Å²) in [4.78, 5) is 4.40. The summed E-state index contributed by atoms with van der Waals surface area (Å²) in [7, 11) is 0. The number of benzene rings is 1. The Morgan fingerprint density at radius 1 is 1.15 bits per heavy atom. The van der Waals surface area contributed by atoms with Crippen LogP contribution in [0.2, 0.25) is 0 Å². The molecule has 2 aliphatic rings. The third kappa shape index (κ3) is 3.65. The zero-order valence-electron chi connectivity index (χ0n) is 11.9. The summed E-state index contributed by atoms with van der Waals surface area (Å²) < 4.78 is 5.97. The Hall–Kier alpha value is -1.71. The Morgan fingerprint density at radius 2 is 1.95 bits per heavy atom. The molecule has 0 atom stereocenters. The van der Waals surface area contributed by atoms with Gasteiger partial charge in [-0.15, -0.1) is 0 Å². The largest absolute Gasteiger partial charge is 0.490 e. The molecule has 1 saturated carbocycles. The molecule has 1 heterocycles. The Bertz CT molecular complexity index is 449. The van der Waals surface area contributed by atoms with Crippen molar-refractivity contribution >= 4 is 5.96 Å². The molecule has 1 aliphatic carbocycles. The number of hydrogen-bond acceptors (Lipinski definition) is 4. The van der Waals surface area contributed by atoms with E-state index in [1.165, 1.54) is 31.2 Å². The van der Waals surface area contributed by atoms with Gasteiger partial charge in [0.05, 0.1) is 6.10 Å². The van der Waals surface area contributed by atoms with Crippen LogP contribution in [0, 0.1) is 0 Å². The molecule has 3 rings (SSSR count). The van der Waals surface area contributed by atoms with Crippen molar-refractivity contribution in [2.24, 2.45) is 4.99 Å². The first kappa shape index (κ1) is 13.3. The molecule has 1 aromatic carbocycles. The molecule has 0 aromatic heterocycles. The average molecular weight is 273 g/mol. The van der Waals surface area contributed by atoms with Crippen LogP contribution in [0.5, 0.6) is 5.75 Å². The number of hydrogen-bond donors (Lipinski definition) is 2. The number of rotatable bonds is 4. The Kier molecular flexibility index (Phi) is 4.41. The third-order valence-corrected chi connectivity index (χ3v) is 3.89. The van der Waals surface area contributed by atoms with Gasteiger partial charge in [0.25, 0.3) is 0 Å². The van der Waals surface area contributed by atoms with E-state index in [-0.39, 0.29) is 0 Å². The lowest BCUT2D eigenvalue weighted by Gasteiger charge is -2.16. The lowest BCUT2D eigenvalue weighted by atomic mass is 10.2. The standard InChI is InChI=1S/C16H23N3O/c1-2-5-14(4-1)20-15-8-6-13(7-9-15)12-19-16-17-10-3-11-18-16/h6-9,14H,1-5,10-12H2,(H2,17,18,19). The fourth-order valence-corrected chi connectivity index (χ4v) is 2.72. The van der Waals surface area contributed by atoms with Crippen LogP contribution in [0.1, 0.15) is 37.7 Å². The first-order valence-corrected chi connectivity index (χ1v) is 7.68. The fraction of sp³-hybridized carbons (Fsp3) is 0.562. The molecule has 0 amide bonds. The summed E-state index contributed by atoms with van der Waals surface area (Å²) in [5.74, 6) is 1.91. The molecular formula is C16H23N3O. The highest BCUT2D eigenvalue weighted by molar-refractivity contribution is 5.80. The van der Waals surface area contributed by atoms with Crippen molar-refractivity contribution in [3.8, 4) is 5.75 Å². The van der Waals surface area contributed by atoms with Gasteiger partial charge in [-0.3, -0.25) is 4.99 Å². The average Bonchev–Trinajstić information content (AvgIpc) is 3.01. The summed E-state index contributed by atoms with van der Waals surface area (Å²) in [6.07, 6.45) is 6.57. The van der Waals surface area contributed by atoms with Crippen molar-refractivity contribution in [3.63, 3.8) is 0 Å². The minimum atomic E-state index is 0.430. The second kappa shape index (κ2) is 6.64. The minimum Gasteiger partial charge on any atom is -0.490 e. The number of aliphatic imine (C=N–C) groups is 1. The van der Waals surface area contributed by atoms with E-state index in [1.54, 1.807) is 0 Å². The lowest BCUT2D eigenvalue weighted by Crippen LogP contribution is -2.40. The molecule has 0 spiro atoms. The van der Waals surface area contributed by atoms with E-state index in [4.69, 9.17) is 4.74 Å². The maximum atomic E-state index is 5.97. The van der Waals surface area contributed by atoms with Crippen LogP contribution in [-0.2, 0) is 6.54 Å². The van der Waals surface area contributed by atoms with E-state index in [2.05, 4.69) is 39.9 Å². The predicted octanol–water partition coefficient (Wildman–Crippen LogP) is 2.45. The molecular weight excluding hydrogens is 250 g/mol. The van der Waals surface area contributed by atoms with Gasteiger partial charge in [0.1, 0.15) is 5.75 Å². The van der Waals surface area contributed by atoms with E-state index in [1.807, 2.05) is 0 Å². The SMILES string of the molecule is c1cc(OC2CCCC2)ccc1CNC1=NCCCN1. The van der Waals surface area contributed by atoms with Crippen molar-refractivity contribution in [2.75, 3.05) is 13.1 Å². The molecule has 4 nitrogen and oxygen atoms in total. The first-order valence-electron chi connectivity index (χ1n) is 7.68. The van der Waals surface area contributed by atoms with Gasteiger partial charge < -0.3 is 15.4 Å². The number of nitrogens with one attached hydrogen (secondary N) is 2. The highest BCUT2D eigenvalue weighted by Gasteiger charge is 2.16. The van der Waals surface area contributed by atoms with Gasteiger partial charge in [-0.1, -0.05) is 12.1 Å². The highest BCUT2D eigenvalue weighted by Crippen LogP contribution is 2.24. The molecule has 1 aliphatic heterocycles. The smallest absolute Gasteiger partial charge is 0.191 e. The molecule has 108 valence electrons. The summed E-state index contributed by atoms with van der Waals surface area (Å²) in [6.45, 7) is 2.74. The van der Waals surface area contributed by atoms with E-state index in [0.717, 1.165) is 37.8 Å². The zero-order chi connectivity index (χ0) is 13.6. The van der Waals surface area contributed by atoms with E-state index in [0.29, 0.717) is 6.10 Å². The van der Waals surface area contributed by atoms with Gasteiger partial charge in [0.15, 0.2) is 5.96 Å². The molecule has 2 N–H and O–H groups in total. The van der Waals surface area contributed by atoms with Crippen molar-refractivity contribution in [1.82, 2.24) is 10.6 Å². The van der Waals surface area contributed by atoms with E-state index < -0.39 is 0 Å². The minimum absolute atomic E-state index is 0.430. The second-order valence-corrected chi connectivity index (χ2v) is 5.53. The maximum absolute atomic E-state index is 5.97. The second-order valence-electron chi connectivity index (χ2n) is 5.53.